The highest BCUT2D eigenvalue weighted by Crippen LogP contribution is 2.16. The van der Waals surface area contributed by atoms with E-state index in [-0.39, 0.29) is 11.9 Å². The number of nitrogens with one attached hydrogen (secondary N) is 3. The van der Waals surface area contributed by atoms with E-state index in [9.17, 15) is 9.59 Å². The maximum absolute atomic E-state index is 11.9. The molecule has 2 aromatic carbocycles. The highest BCUT2D eigenvalue weighted by Gasteiger charge is 2.06. The average molecular weight is 327 g/mol. The molecule has 0 fully saturated rings. The second-order valence-corrected chi connectivity index (χ2v) is 5.12. The molecule has 0 spiro atoms. The summed E-state index contributed by atoms with van der Waals surface area (Å²) in [5.41, 5.74) is 2.40. The number of para-hydroxylation sites is 1. The van der Waals surface area contributed by atoms with Gasteiger partial charge >= 0.3 is 6.03 Å². The van der Waals surface area contributed by atoms with E-state index < -0.39 is 0 Å². The largest absolute Gasteiger partial charge is 0.496 e. The average Bonchev–Trinajstić information content (AvgIpc) is 2.64. The van der Waals surface area contributed by atoms with Crippen LogP contribution >= 0.6 is 0 Å². The number of rotatable bonds is 6. The van der Waals surface area contributed by atoms with E-state index in [0.717, 1.165) is 16.9 Å². The maximum atomic E-state index is 11.9. The Hall–Kier alpha value is -3.02. The van der Waals surface area contributed by atoms with Gasteiger partial charge in [0.05, 0.1) is 7.11 Å². The summed E-state index contributed by atoms with van der Waals surface area (Å²) in [7, 11) is 3.19. The molecule has 2 aromatic rings. The van der Waals surface area contributed by atoms with Crippen LogP contribution in [0.5, 0.6) is 5.75 Å². The number of hydrogen-bond acceptors (Lipinski definition) is 3. The minimum Gasteiger partial charge on any atom is -0.496 e. The Balaban J connectivity index is 1.82. The lowest BCUT2D eigenvalue weighted by atomic mass is 10.1. The summed E-state index contributed by atoms with van der Waals surface area (Å²) >= 11 is 0. The van der Waals surface area contributed by atoms with Crippen molar-refractivity contribution in [1.82, 2.24) is 16.0 Å². The Kier molecular flexibility index (Phi) is 6.19. The highest BCUT2D eigenvalue weighted by atomic mass is 16.5. The molecule has 0 heterocycles. The Morgan fingerprint density at radius 1 is 0.958 bits per heavy atom. The molecule has 2 rings (SSSR count). The normalized spacial score (nSPS) is 9.92. The first-order valence-electron chi connectivity index (χ1n) is 7.58. The minimum atomic E-state index is -0.267. The van der Waals surface area contributed by atoms with E-state index >= 15 is 0 Å². The number of amides is 3. The van der Waals surface area contributed by atoms with Crippen molar-refractivity contribution in [2.75, 3.05) is 14.2 Å². The fraction of sp³-hybridized carbons (Fsp3) is 0.222. The van der Waals surface area contributed by atoms with Crippen LogP contribution in [0.1, 0.15) is 21.5 Å². The molecule has 0 aliphatic carbocycles. The van der Waals surface area contributed by atoms with Crippen LogP contribution in [-0.2, 0) is 13.1 Å². The molecule has 3 N–H and O–H groups in total. The van der Waals surface area contributed by atoms with Crippen LogP contribution in [0.2, 0.25) is 0 Å². The highest BCUT2D eigenvalue weighted by molar-refractivity contribution is 5.93. The topological polar surface area (TPSA) is 79.5 Å². The molecule has 0 saturated heterocycles. The van der Waals surface area contributed by atoms with E-state index in [1.807, 2.05) is 36.4 Å². The first kappa shape index (κ1) is 17.3. The summed E-state index contributed by atoms with van der Waals surface area (Å²) in [5, 5.41) is 8.13. The molecule has 0 bridgehead atoms. The quantitative estimate of drug-likeness (QED) is 0.760. The first-order valence-corrected chi connectivity index (χ1v) is 7.58. The number of hydrogen-bond donors (Lipinski definition) is 3. The fourth-order valence-corrected chi connectivity index (χ4v) is 2.19. The molecule has 0 aliphatic rings. The maximum Gasteiger partial charge on any atom is 0.315 e. The fourth-order valence-electron chi connectivity index (χ4n) is 2.19. The van der Waals surface area contributed by atoms with Gasteiger partial charge in [0.1, 0.15) is 5.75 Å². The van der Waals surface area contributed by atoms with Crippen molar-refractivity contribution < 1.29 is 14.3 Å². The van der Waals surface area contributed by atoms with Gasteiger partial charge < -0.3 is 20.7 Å². The van der Waals surface area contributed by atoms with Crippen molar-refractivity contribution in [2.45, 2.75) is 13.1 Å². The third-order valence-corrected chi connectivity index (χ3v) is 3.53. The van der Waals surface area contributed by atoms with Gasteiger partial charge in [0.15, 0.2) is 0 Å². The number of benzene rings is 2. The molecule has 126 valence electrons. The van der Waals surface area contributed by atoms with Crippen LogP contribution in [0.3, 0.4) is 0 Å². The first-order chi connectivity index (χ1) is 11.6. The zero-order valence-corrected chi connectivity index (χ0v) is 13.8. The van der Waals surface area contributed by atoms with E-state index in [4.69, 9.17) is 4.74 Å². The number of urea groups is 1. The van der Waals surface area contributed by atoms with Gasteiger partial charge in [-0.3, -0.25) is 4.79 Å². The zero-order chi connectivity index (χ0) is 17.4. The Morgan fingerprint density at radius 2 is 1.62 bits per heavy atom. The lowest BCUT2D eigenvalue weighted by molar-refractivity contribution is 0.0963. The van der Waals surface area contributed by atoms with Gasteiger partial charge in [-0.15, -0.1) is 0 Å². The van der Waals surface area contributed by atoms with Gasteiger partial charge in [0.2, 0.25) is 0 Å². The molecule has 0 atom stereocenters. The van der Waals surface area contributed by atoms with Crippen molar-refractivity contribution in [3.05, 3.63) is 65.2 Å². The molecular weight excluding hydrogens is 306 g/mol. The van der Waals surface area contributed by atoms with Crippen LogP contribution in [-0.4, -0.2) is 26.1 Å². The Bertz CT molecular complexity index is 699. The van der Waals surface area contributed by atoms with Gasteiger partial charge in [-0.25, -0.2) is 4.79 Å². The summed E-state index contributed by atoms with van der Waals surface area (Å²) in [6.07, 6.45) is 0. The van der Waals surface area contributed by atoms with Gasteiger partial charge in [-0.2, -0.15) is 0 Å². The van der Waals surface area contributed by atoms with E-state index in [1.165, 1.54) is 0 Å². The number of ether oxygens (including phenoxy) is 1. The Labute approximate surface area is 141 Å². The van der Waals surface area contributed by atoms with Crippen molar-refractivity contribution in [3.63, 3.8) is 0 Å². The standard InChI is InChI=1S/C18H21N3O3/c1-19-17(22)14-9-7-13(8-10-14)11-20-18(23)21-12-15-5-3-4-6-16(15)24-2/h3-10H,11-12H2,1-2H3,(H,19,22)(H2,20,21,23). The molecule has 0 unspecified atom stereocenters. The molecule has 0 aromatic heterocycles. The number of carbonyl (C=O) groups is 2. The van der Waals surface area contributed by atoms with E-state index in [0.29, 0.717) is 18.7 Å². The third kappa shape index (κ3) is 4.74. The van der Waals surface area contributed by atoms with Crippen molar-refractivity contribution >= 4 is 11.9 Å². The number of carbonyl (C=O) groups excluding carboxylic acids is 2. The van der Waals surface area contributed by atoms with Crippen molar-refractivity contribution in [1.29, 1.82) is 0 Å². The van der Waals surface area contributed by atoms with Crippen molar-refractivity contribution in [3.8, 4) is 5.75 Å². The molecule has 3 amide bonds. The molecule has 6 heteroatoms. The van der Waals surface area contributed by atoms with Crippen LogP contribution in [0.15, 0.2) is 48.5 Å². The summed E-state index contributed by atoms with van der Waals surface area (Å²) in [5.74, 6) is 0.603. The van der Waals surface area contributed by atoms with Gasteiger partial charge in [0, 0.05) is 31.3 Å². The van der Waals surface area contributed by atoms with Crippen LogP contribution in [0, 0.1) is 0 Å². The molecule has 24 heavy (non-hydrogen) atoms. The third-order valence-electron chi connectivity index (χ3n) is 3.53. The second kappa shape index (κ2) is 8.57. The molecule has 0 radical (unpaired) electrons. The Morgan fingerprint density at radius 3 is 2.29 bits per heavy atom. The lowest BCUT2D eigenvalue weighted by Gasteiger charge is -2.10. The SMILES string of the molecule is CNC(=O)c1ccc(CNC(=O)NCc2ccccc2OC)cc1. The van der Waals surface area contributed by atoms with Crippen molar-refractivity contribution in [2.24, 2.45) is 0 Å². The zero-order valence-electron chi connectivity index (χ0n) is 13.8. The van der Waals surface area contributed by atoms with Gasteiger partial charge in [-0.1, -0.05) is 30.3 Å². The summed E-state index contributed by atoms with van der Waals surface area (Å²) in [6, 6.07) is 14.3. The predicted octanol–water partition coefficient (Wildman–Crippen LogP) is 2.05. The van der Waals surface area contributed by atoms with E-state index in [2.05, 4.69) is 16.0 Å². The molecule has 0 saturated carbocycles. The van der Waals surface area contributed by atoms with Crippen LogP contribution in [0.25, 0.3) is 0 Å². The monoisotopic (exact) mass is 327 g/mol. The van der Waals surface area contributed by atoms with Gasteiger partial charge in [0.25, 0.3) is 5.91 Å². The smallest absolute Gasteiger partial charge is 0.315 e. The van der Waals surface area contributed by atoms with Crippen LogP contribution in [0.4, 0.5) is 4.79 Å². The summed E-state index contributed by atoms with van der Waals surface area (Å²) < 4.78 is 5.24. The lowest BCUT2D eigenvalue weighted by Crippen LogP contribution is -2.34. The summed E-state index contributed by atoms with van der Waals surface area (Å²) in [4.78, 5) is 23.3. The number of methoxy groups -OCH3 is 1. The van der Waals surface area contributed by atoms with Gasteiger partial charge in [-0.05, 0) is 23.8 Å². The minimum absolute atomic E-state index is 0.135. The molecule has 0 aliphatic heterocycles. The molecule has 6 nitrogen and oxygen atoms in total. The predicted molar refractivity (Wildman–Crippen MR) is 91.9 cm³/mol. The van der Waals surface area contributed by atoms with E-state index in [1.54, 1.807) is 26.3 Å². The summed E-state index contributed by atoms with van der Waals surface area (Å²) in [6.45, 7) is 0.761. The van der Waals surface area contributed by atoms with Crippen LogP contribution < -0.4 is 20.7 Å². The molecular formula is C18H21N3O3. The second-order valence-electron chi connectivity index (χ2n) is 5.12.